The van der Waals surface area contributed by atoms with Crippen LogP contribution in [0.4, 0.5) is 0 Å². The molecule has 0 spiro atoms. The molecular weight excluding hydrogens is 84.0 g/mol. The number of oxime groups is 1. The zero-order valence-electron chi connectivity index (χ0n) is 3.01. The fourth-order valence-corrected chi connectivity index (χ4v) is 0. The summed E-state index contributed by atoms with van der Waals surface area (Å²) in [7, 11) is 0. The molecule has 0 saturated heterocycles. The fourth-order valence-electron chi connectivity index (χ4n) is 0. The van der Waals surface area contributed by atoms with Crippen LogP contribution in [0.2, 0.25) is 0 Å². The number of carbonyl (C=O) groups excluding carboxylic acids is 1. The molecule has 0 amide bonds. The second kappa shape index (κ2) is 43.3. The van der Waals surface area contributed by atoms with Gasteiger partial charge in [-0.15, -0.1) is 5.16 Å². The molecule has 0 aliphatic heterocycles. The monoisotopic (exact) mass is 88.0 g/mol. The summed E-state index contributed by atoms with van der Waals surface area (Å²) in [5.41, 5.74) is 0. The third-order valence-corrected chi connectivity index (χ3v) is 0. The SMILES string of the molecule is C=NO.N=C=O. The maximum atomic E-state index is 8.35. The average molecular weight is 88.1 g/mol. The third-order valence-electron chi connectivity index (χ3n) is 0. The van der Waals surface area contributed by atoms with E-state index in [0.717, 1.165) is 6.08 Å². The smallest absolute Gasteiger partial charge is 0.231 e. The maximum Gasteiger partial charge on any atom is 0.231 e. The van der Waals surface area contributed by atoms with E-state index < -0.39 is 0 Å². The molecule has 0 radical (unpaired) electrons. The van der Waals surface area contributed by atoms with Crippen LogP contribution in [0.3, 0.4) is 0 Å². The van der Waals surface area contributed by atoms with E-state index >= 15 is 0 Å². The van der Waals surface area contributed by atoms with Crippen LogP contribution in [-0.4, -0.2) is 18.0 Å². The molecule has 6 heavy (non-hydrogen) atoms. The van der Waals surface area contributed by atoms with Gasteiger partial charge in [-0.3, -0.25) is 0 Å². The predicted molar refractivity (Wildman–Crippen MR) is 19.7 cm³/mol. The zero-order valence-corrected chi connectivity index (χ0v) is 3.01. The molecule has 4 heteroatoms. The molecule has 0 fully saturated rings. The molecule has 4 nitrogen and oxygen atoms in total. The Morgan fingerprint density at radius 1 is 2.00 bits per heavy atom. The van der Waals surface area contributed by atoms with E-state index in [1.807, 2.05) is 0 Å². The Morgan fingerprint density at radius 3 is 2.00 bits per heavy atom. The Kier molecular flexibility index (Phi) is 63.8. The summed E-state index contributed by atoms with van der Waals surface area (Å²) in [4.78, 5) is 8.35. The highest BCUT2D eigenvalue weighted by Gasteiger charge is 1.06. The first-order valence-electron chi connectivity index (χ1n) is 0.970. The Bertz CT molecular complexity index is 54.6. The van der Waals surface area contributed by atoms with Crippen molar-refractivity contribution < 1.29 is 10.0 Å². The Morgan fingerprint density at radius 2 is 2.00 bits per heavy atom. The van der Waals surface area contributed by atoms with Gasteiger partial charge in [0.25, 0.3) is 0 Å². The van der Waals surface area contributed by atoms with Gasteiger partial charge >= 0.3 is 0 Å². The van der Waals surface area contributed by atoms with E-state index in [0.29, 0.717) is 0 Å². The molecule has 0 aliphatic carbocycles. The lowest BCUT2D eigenvalue weighted by Crippen LogP contribution is -1.30. The van der Waals surface area contributed by atoms with Crippen LogP contribution in [0, 0.1) is 5.41 Å². The Labute approximate surface area is 34.6 Å². The quantitative estimate of drug-likeness (QED) is 0.189. The predicted octanol–water partition coefficient (Wildman–Crippen LogP) is -0.0228. The summed E-state index contributed by atoms with van der Waals surface area (Å²) >= 11 is 0. The van der Waals surface area contributed by atoms with Crippen molar-refractivity contribution in [3.63, 3.8) is 0 Å². The first-order chi connectivity index (χ1) is 2.83. The largest absolute Gasteiger partial charge is 0.411 e. The van der Waals surface area contributed by atoms with E-state index in [4.69, 9.17) is 15.4 Å². The van der Waals surface area contributed by atoms with Crippen molar-refractivity contribution in [1.82, 2.24) is 0 Å². The molecule has 2 N–H and O–H groups in total. The second-order valence-electron chi connectivity index (χ2n) is 0.243. The lowest BCUT2D eigenvalue weighted by atomic mass is 11.7. The average Bonchev–Trinajstić information content (AvgIpc) is 1.39. The minimum Gasteiger partial charge on any atom is -0.411 e. The van der Waals surface area contributed by atoms with E-state index in [9.17, 15) is 0 Å². The number of isocyanates is 1. The molecule has 0 aromatic rings. The molecule has 0 bridgehead atoms. The second-order valence-corrected chi connectivity index (χ2v) is 0.243. The van der Waals surface area contributed by atoms with Crippen LogP contribution in [0.1, 0.15) is 0 Å². The molecule has 0 aromatic heterocycles. The van der Waals surface area contributed by atoms with Crippen molar-refractivity contribution in [3.05, 3.63) is 0 Å². The van der Waals surface area contributed by atoms with Gasteiger partial charge in [0, 0.05) is 6.72 Å². The van der Waals surface area contributed by atoms with E-state index in [-0.39, 0.29) is 0 Å². The number of nitrogens with zero attached hydrogens (tertiary/aromatic N) is 1. The summed E-state index contributed by atoms with van der Waals surface area (Å²) in [5.74, 6) is 0. The van der Waals surface area contributed by atoms with Gasteiger partial charge in [-0.2, -0.15) is 0 Å². The summed E-state index contributed by atoms with van der Waals surface area (Å²) in [6.07, 6.45) is 0.750. The van der Waals surface area contributed by atoms with Crippen LogP contribution in [-0.2, 0) is 4.79 Å². The number of nitrogens with one attached hydrogen (secondary N) is 1. The van der Waals surface area contributed by atoms with E-state index in [1.165, 1.54) is 0 Å². The molecule has 0 aliphatic rings. The minimum atomic E-state index is 0.750. The van der Waals surface area contributed by atoms with Crippen molar-refractivity contribution in [1.29, 1.82) is 5.41 Å². The molecule has 0 unspecified atom stereocenters. The number of hydrogen-bond acceptors (Lipinski definition) is 4. The summed E-state index contributed by atoms with van der Waals surface area (Å²) < 4.78 is 0. The topological polar surface area (TPSA) is 73.5 Å². The van der Waals surface area contributed by atoms with Crippen LogP contribution >= 0.6 is 0 Å². The molecule has 0 atom stereocenters. The molecular formula is C2H4N2O2. The fraction of sp³-hybridized carbons (Fsp3) is 0. The molecule has 34 valence electrons. The van der Waals surface area contributed by atoms with Gasteiger partial charge in [-0.05, 0) is 0 Å². The van der Waals surface area contributed by atoms with Gasteiger partial charge in [-0.25, -0.2) is 10.2 Å². The van der Waals surface area contributed by atoms with E-state index in [2.05, 4.69) is 11.9 Å². The normalized spacial score (nSPS) is 3.33. The Hall–Kier alpha value is -1.15. The minimum absolute atomic E-state index is 0.750. The van der Waals surface area contributed by atoms with Crippen molar-refractivity contribution in [2.75, 3.05) is 0 Å². The first kappa shape index (κ1) is 8.85. The first-order valence-corrected chi connectivity index (χ1v) is 0.970. The number of hydrogen-bond donors (Lipinski definition) is 2. The maximum absolute atomic E-state index is 8.35. The van der Waals surface area contributed by atoms with Gasteiger partial charge in [0.15, 0.2) is 0 Å². The van der Waals surface area contributed by atoms with Crippen LogP contribution in [0.25, 0.3) is 0 Å². The molecule has 0 heterocycles. The highest BCUT2D eigenvalue weighted by atomic mass is 16.4. The highest BCUT2D eigenvalue weighted by Crippen LogP contribution is 1.20. The van der Waals surface area contributed by atoms with Crippen molar-refractivity contribution in [2.45, 2.75) is 0 Å². The lowest BCUT2D eigenvalue weighted by Gasteiger charge is -1.43. The van der Waals surface area contributed by atoms with Crippen LogP contribution in [0.15, 0.2) is 5.16 Å². The standard InChI is InChI=1S/CH3NO.CHNO/c1-2-3;2-1-3/h3H,1H2;2H. The van der Waals surface area contributed by atoms with Crippen molar-refractivity contribution in [2.24, 2.45) is 5.16 Å². The van der Waals surface area contributed by atoms with Gasteiger partial charge in [-0.1, -0.05) is 0 Å². The summed E-state index contributed by atoms with van der Waals surface area (Å²) in [5, 5.41) is 14.7. The lowest BCUT2D eigenvalue weighted by molar-refractivity contribution is 0.323. The molecule has 0 saturated carbocycles. The van der Waals surface area contributed by atoms with Crippen molar-refractivity contribution >= 4 is 12.8 Å². The van der Waals surface area contributed by atoms with Gasteiger partial charge < -0.3 is 5.21 Å². The molecule has 0 rings (SSSR count). The van der Waals surface area contributed by atoms with Crippen LogP contribution in [0.5, 0.6) is 0 Å². The third kappa shape index (κ3) is 7.38. The van der Waals surface area contributed by atoms with Gasteiger partial charge in [0.2, 0.25) is 6.08 Å². The van der Waals surface area contributed by atoms with Crippen molar-refractivity contribution in [3.8, 4) is 0 Å². The summed E-state index contributed by atoms with van der Waals surface area (Å²) in [6.45, 7) is 2.67. The van der Waals surface area contributed by atoms with Crippen LogP contribution < -0.4 is 0 Å². The summed E-state index contributed by atoms with van der Waals surface area (Å²) in [6, 6.07) is 0. The number of rotatable bonds is 0. The molecule has 0 aromatic carbocycles. The van der Waals surface area contributed by atoms with Gasteiger partial charge in [0.05, 0.1) is 0 Å². The van der Waals surface area contributed by atoms with E-state index in [1.54, 1.807) is 0 Å². The Balaban J connectivity index is 0. The van der Waals surface area contributed by atoms with Gasteiger partial charge in [0.1, 0.15) is 0 Å². The zero-order chi connectivity index (χ0) is 5.41. The highest BCUT2D eigenvalue weighted by molar-refractivity contribution is 5.26.